The minimum atomic E-state index is 0.0442. The van der Waals surface area contributed by atoms with Gasteiger partial charge in [-0.25, -0.2) is 4.98 Å². The van der Waals surface area contributed by atoms with E-state index in [9.17, 15) is 0 Å². The summed E-state index contributed by atoms with van der Waals surface area (Å²) in [4.78, 5) is 4.18. The summed E-state index contributed by atoms with van der Waals surface area (Å²) >= 11 is 0. The molecule has 0 atom stereocenters. The molecule has 0 aliphatic carbocycles. The van der Waals surface area contributed by atoms with Gasteiger partial charge < -0.3 is 10.4 Å². The van der Waals surface area contributed by atoms with E-state index in [2.05, 4.69) is 22.4 Å². The monoisotopic (exact) mass is 214 g/mol. The van der Waals surface area contributed by atoms with Gasteiger partial charge in [0.25, 0.3) is 0 Å². The number of aliphatic hydroxyl groups excluding tert-OH is 1. The third kappa shape index (κ3) is 2.81. The summed E-state index contributed by atoms with van der Waals surface area (Å²) in [5.41, 5.74) is 2.07. The Balaban J connectivity index is 1.99. The maximum Gasteiger partial charge on any atom is 0.126 e. The molecule has 82 valence electrons. The van der Waals surface area contributed by atoms with E-state index in [0.717, 1.165) is 17.9 Å². The highest BCUT2D eigenvalue weighted by atomic mass is 16.3. The molecule has 0 saturated heterocycles. The van der Waals surface area contributed by atoms with Gasteiger partial charge in [0.2, 0.25) is 0 Å². The van der Waals surface area contributed by atoms with Crippen LogP contribution in [0.5, 0.6) is 0 Å². The van der Waals surface area contributed by atoms with Crippen molar-refractivity contribution in [1.82, 2.24) is 4.98 Å². The van der Waals surface area contributed by atoms with E-state index in [1.807, 2.05) is 24.3 Å². The Morgan fingerprint density at radius 3 is 2.62 bits per heavy atom. The van der Waals surface area contributed by atoms with E-state index >= 15 is 0 Å². The van der Waals surface area contributed by atoms with E-state index < -0.39 is 0 Å². The molecule has 2 rings (SSSR count). The molecule has 2 aromatic rings. The van der Waals surface area contributed by atoms with Crippen LogP contribution in [0.25, 0.3) is 0 Å². The summed E-state index contributed by atoms with van der Waals surface area (Å²) < 4.78 is 0. The van der Waals surface area contributed by atoms with Crippen molar-refractivity contribution in [1.29, 1.82) is 0 Å². The predicted molar refractivity (Wildman–Crippen MR) is 63.9 cm³/mol. The van der Waals surface area contributed by atoms with Crippen LogP contribution in [-0.4, -0.2) is 10.1 Å². The van der Waals surface area contributed by atoms with Crippen molar-refractivity contribution in [3.8, 4) is 0 Å². The first kappa shape index (κ1) is 10.6. The molecule has 0 amide bonds. The number of aliphatic hydroxyl groups is 1. The van der Waals surface area contributed by atoms with Crippen LogP contribution in [0.15, 0.2) is 48.7 Å². The molecule has 16 heavy (non-hydrogen) atoms. The minimum Gasteiger partial charge on any atom is -0.392 e. The standard InChI is InChI=1S/C13H14N2O/c16-10-12-6-7-14-13(8-12)15-9-11-4-2-1-3-5-11/h1-8,16H,9-10H2,(H,14,15). The first-order valence-electron chi connectivity index (χ1n) is 5.22. The number of aromatic nitrogens is 1. The Morgan fingerprint density at radius 1 is 1.06 bits per heavy atom. The molecule has 0 aliphatic rings. The Labute approximate surface area is 94.8 Å². The predicted octanol–water partition coefficient (Wildman–Crippen LogP) is 2.19. The highest BCUT2D eigenvalue weighted by Crippen LogP contribution is 2.08. The molecule has 1 aromatic heterocycles. The maximum atomic E-state index is 8.99. The molecular weight excluding hydrogens is 200 g/mol. The van der Waals surface area contributed by atoms with Gasteiger partial charge in [-0.2, -0.15) is 0 Å². The molecule has 0 spiro atoms. The van der Waals surface area contributed by atoms with Crippen LogP contribution in [0.3, 0.4) is 0 Å². The highest BCUT2D eigenvalue weighted by molar-refractivity contribution is 5.38. The van der Waals surface area contributed by atoms with E-state index in [4.69, 9.17) is 5.11 Å². The van der Waals surface area contributed by atoms with Gasteiger partial charge in [0.15, 0.2) is 0 Å². The van der Waals surface area contributed by atoms with Crippen LogP contribution in [0.4, 0.5) is 5.82 Å². The zero-order valence-electron chi connectivity index (χ0n) is 8.93. The highest BCUT2D eigenvalue weighted by Gasteiger charge is 1.96. The van der Waals surface area contributed by atoms with Crippen LogP contribution in [-0.2, 0) is 13.2 Å². The Kier molecular flexibility index (Phi) is 3.51. The SMILES string of the molecule is OCc1ccnc(NCc2ccccc2)c1. The fourth-order valence-electron chi connectivity index (χ4n) is 1.46. The van der Waals surface area contributed by atoms with Gasteiger partial charge in [-0.15, -0.1) is 0 Å². The lowest BCUT2D eigenvalue weighted by Crippen LogP contribution is -2.01. The van der Waals surface area contributed by atoms with Gasteiger partial charge in [0.1, 0.15) is 5.82 Å². The topological polar surface area (TPSA) is 45.2 Å². The summed E-state index contributed by atoms with van der Waals surface area (Å²) in [6.45, 7) is 0.783. The molecule has 1 aromatic carbocycles. The number of pyridine rings is 1. The minimum absolute atomic E-state index is 0.0442. The first-order valence-corrected chi connectivity index (χ1v) is 5.22. The van der Waals surface area contributed by atoms with Crippen LogP contribution < -0.4 is 5.32 Å². The summed E-state index contributed by atoms with van der Waals surface area (Å²) in [5, 5.41) is 12.2. The molecule has 0 aliphatic heterocycles. The van der Waals surface area contributed by atoms with Gasteiger partial charge in [0, 0.05) is 12.7 Å². The number of benzene rings is 1. The maximum absolute atomic E-state index is 8.99. The molecule has 2 N–H and O–H groups in total. The normalized spacial score (nSPS) is 10.1. The van der Waals surface area contributed by atoms with Gasteiger partial charge in [-0.05, 0) is 23.3 Å². The van der Waals surface area contributed by atoms with Crippen molar-refractivity contribution >= 4 is 5.82 Å². The zero-order valence-corrected chi connectivity index (χ0v) is 8.93. The Bertz CT molecular complexity index is 443. The van der Waals surface area contributed by atoms with Crippen LogP contribution in [0, 0.1) is 0 Å². The Hall–Kier alpha value is -1.87. The number of rotatable bonds is 4. The third-order valence-corrected chi connectivity index (χ3v) is 2.32. The second-order valence-corrected chi connectivity index (χ2v) is 3.55. The van der Waals surface area contributed by atoms with Crippen molar-refractivity contribution in [2.24, 2.45) is 0 Å². The quantitative estimate of drug-likeness (QED) is 0.820. The number of nitrogens with zero attached hydrogens (tertiary/aromatic N) is 1. The fraction of sp³-hybridized carbons (Fsp3) is 0.154. The lowest BCUT2D eigenvalue weighted by atomic mass is 10.2. The number of hydrogen-bond acceptors (Lipinski definition) is 3. The molecule has 3 nitrogen and oxygen atoms in total. The largest absolute Gasteiger partial charge is 0.392 e. The Morgan fingerprint density at radius 2 is 1.88 bits per heavy atom. The molecule has 0 unspecified atom stereocenters. The third-order valence-electron chi connectivity index (χ3n) is 2.32. The number of hydrogen-bond donors (Lipinski definition) is 2. The van der Waals surface area contributed by atoms with Crippen molar-refractivity contribution in [3.63, 3.8) is 0 Å². The molecule has 0 fully saturated rings. The lowest BCUT2D eigenvalue weighted by Gasteiger charge is -2.06. The van der Waals surface area contributed by atoms with Crippen molar-refractivity contribution < 1.29 is 5.11 Å². The average Bonchev–Trinajstić information content (AvgIpc) is 2.38. The van der Waals surface area contributed by atoms with Crippen LogP contribution in [0.2, 0.25) is 0 Å². The molecular formula is C13H14N2O. The van der Waals surface area contributed by atoms with Gasteiger partial charge in [-0.1, -0.05) is 30.3 Å². The first-order chi connectivity index (χ1) is 7.88. The summed E-state index contributed by atoms with van der Waals surface area (Å²) in [5.74, 6) is 0.787. The summed E-state index contributed by atoms with van der Waals surface area (Å²) in [6.07, 6.45) is 1.69. The molecule has 0 bridgehead atoms. The summed E-state index contributed by atoms with van der Waals surface area (Å²) in [6, 6.07) is 13.8. The molecule has 0 radical (unpaired) electrons. The average molecular weight is 214 g/mol. The van der Waals surface area contributed by atoms with Gasteiger partial charge >= 0.3 is 0 Å². The molecule has 0 saturated carbocycles. The molecule has 1 heterocycles. The van der Waals surface area contributed by atoms with E-state index in [-0.39, 0.29) is 6.61 Å². The second kappa shape index (κ2) is 5.28. The molecule has 3 heteroatoms. The summed E-state index contributed by atoms with van der Waals surface area (Å²) in [7, 11) is 0. The van der Waals surface area contributed by atoms with Crippen molar-refractivity contribution in [2.45, 2.75) is 13.2 Å². The number of nitrogens with one attached hydrogen (secondary N) is 1. The van der Waals surface area contributed by atoms with Crippen LogP contribution in [0.1, 0.15) is 11.1 Å². The fourth-order valence-corrected chi connectivity index (χ4v) is 1.46. The van der Waals surface area contributed by atoms with E-state index in [0.29, 0.717) is 0 Å². The van der Waals surface area contributed by atoms with Gasteiger partial charge in [-0.3, -0.25) is 0 Å². The van der Waals surface area contributed by atoms with Crippen molar-refractivity contribution in [2.75, 3.05) is 5.32 Å². The second-order valence-electron chi connectivity index (χ2n) is 3.55. The number of anilines is 1. The van der Waals surface area contributed by atoms with E-state index in [1.165, 1.54) is 5.56 Å². The van der Waals surface area contributed by atoms with Gasteiger partial charge in [0.05, 0.1) is 6.61 Å². The zero-order chi connectivity index (χ0) is 11.2. The van der Waals surface area contributed by atoms with Crippen LogP contribution >= 0.6 is 0 Å². The van der Waals surface area contributed by atoms with Crippen molar-refractivity contribution in [3.05, 3.63) is 59.8 Å². The lowest BCUT2D eigenvalue weighted by molar-refractivity contribution is 0.282. The smallest absolute Gasteiger partial charge is 0.126 e. The van der Waals surface area contributed by atoms with E-state index in [1.54, 1.807) is 12.3 Å².